The van der Waals surface area contributed by atoms with Crippen LogP contribution in [0.4, 0.5) is 0 Å². The zero-order chi connectivity index (χ0) is 17.1. The van der Waals surface area contributed by atoms with Crippen molar-refractivity contribution in [3.05, 3.63) is 35.9 Å². The normalized spacial score (nSPS) is 22.5. The Morgan fingerprint density at radius 3 is 2.12 bits per heavy atom. The summed E-state index contributed by atoms with van der Waals surface area (Å²) in [6.45, 7) is 11.9. The summed E-state index contributed by atoms with van der Waals surface area (Å²) < 4.78 is 0. The second kappa shape index (κ2) is 8.84. The van der Waals surface area contributed by atoms with Crippen molar-refractivity contribution in [1.82, 2.24) is 9.80 Å². The molecule has 4 nitrogen and oxygen atoms in total. The van der Waals surface area contributed by atoms with E-state index in [2.05, 4.69) is 56.9 Å². The molecule has 2 rings (SSSR count). The van der Waals surface area contributed by atoms with Gasteiger partial charge in [-0.25, -0.2) is 0 Å². The van der Waals surface area contributed by atoms with Gasteiger partial charge < -0.3 is 10.6 Å². The van der Waals surface area contributed by atoms with Crippen LogP contribution in [0.25, 0.3) is 0 Å². The van der Waals surface area contributed by atoms with E-state index in [4.69, 9.17) is 5.73 Å². The highest BCUT2D eigenvalue weighted by atomic mass is 35.5. The minimum atomic E-state index is -0.125. The SMILES string of the molecule is CC(C(=O)N(C(C)C)C(C)C)N1C[C@@H](N)[C@H](c2ccccc2)C1.Cl. The van der Waals surface area contributed by atoms with Gasteiger partial charge >= 0.3 is 0 Å². The fourth-order valence-electron chi connectivity index (χ4n) is 3.71. The summed E-state index contributed by atoms with van der Waals surface area (Å²) in [5.41, 5.74) is 7.64. The predicted molar refractivity (Wildman–Crippen MR) is 103 cm³/mol. The molecule has 0 saturated carbocycles. The quantitative estimate of drug-likeness (QED) is 0.885. The molecule has 0 aromatic heterocycles. The molecule has 1 amide bonds. The number of hydrogen-bond donors (Lipinski definition) is 1. The van der Waals surface area contributed by atoms with Crippen LogP contribution in [0.5, 0.6) is 0 Å². The molecule has 1 saturated heterocycles. The highest BCUT2D eigenvalue weighted by Crippen LogP contribution is 2.28. The Hall–Kier alpha value is -1.10. The van der Waals surface area contributed by atoms with E-state index < -0.39 is 0 Å². The lowest BCUT2D eigenvalue weighted by molar-refractivity contribution is -0.139. The van der Waals surface area contributed by atoms with Gasteiger partial charge in [-0.1, -0.05) is 30.3 Å². The monoisotopic (exact) mass is 353 g/mol. The second-order valence-electron chi connectivity index (χ2n) is 7.24. The van der Waals surface area contributed by atoms with E-state index in [1.165, 1.54) is 5.56 Å². The van der Waals surface area contributed by atoms with Gasteiger partial charge in [-0.05, 0) is 40.2 Å². The van der Waals surface area contributed by atoms with Gasteiger partial charge in [-0.2, -0.15) is 0 Å². The van der Waals surface area contributed by atoms with Crippen LogP contribution >= 0.6 is 12.4 Å². The van der Waals surface area contributed by atoms with Crippen LogP contribution in [-0.2, 0) is 4.79 Å². The smallest absolute Gasteiger partial charge is 0.240 e. The maximum Gasteiger partial charge on any atom is 0.240 e. The lowest BCUT2D eigenvalue weighted by Crippen LogP contribution is -2.51. The molecule has 5 heteroatoms. The molecular formula is C19H32ClN3O. The first-order valence-corrected chi connectivity index (χ1v) is 8.69. The maximum absolute atomic E-state index is 12.9. The number of amides is 1. The Balaban J connectivity index is 0.00000288. The van der Waals surface area contributed by atoms with E-state index in [9.17, 15) is 4.79 Å². The molecule has 24 heavy (non-hydrogen) atoms. The van der Waals surface area contributed by atoms with Crippen LogP contribution in [0.2, 0.25) is 0 Å². The van der Waals surface area contributed by atoms with Crippen molar-refractivity contribution >= 4 is 18.3 Å². The molecule has 0 radical (unpaired) electrons. The molecule has 1 aromatic carbocycles. The zero-order valence-electron chi connectivity index (χ0n) is 15.5. The van der Waals surface area contributed by atoms with Crippen molar-refractivity contribution in [1.29, 1.82) is 0 Å². The van der Waals surface area contributed by atoms with Gasteiger partial charge in [0.05, 0.1) is 6.04 Å². The Morgan fingerprint density at radius 2 is 1.62 bits per heavy atom. The first kappa shape index (κ1) is 20.9. The summed E-state index contributed by atoms with van der Waals surface area (Å²) in [6, 6.07) is 10.8. The zero-order valence-corrected chi connectivity index (χ0v) is 16.3. The van der Waals surface area contributed by atoms with Crippen molar-refractivity contribution in [3.8, 4) is 0 Å². The van der Waals surface area contributed by atoms with Crippen LogP contribution in [0.15, 0.2) is 30.3 Å². The molecule has 1 heterocycles. The average Bonchev–Trinajstić information content (AvgIpc) is 2.88. The first-order valence-electron chi connectivity index (χ1n) is 8.69. The molecule has 3 atom stereocenters. The molecule has 1 aromatic rings. The Morgan fingerprint density at radius 1 is 1.08 bits per heavy atom. The Labute approximate surface area is 152 Å². The van der Waals surface area contributed by atoms with Gasteiger partial charge in [0.2, 0.25) is 5.91 Å². The fourth-order valence-corrected chi connectivity index (χ4v) is 3.71. The number of hydrogen-bond acceptors (Lipinski definition) is 3. The molecule has 2 N–H and O–H groups in total. The first-order chi connectivity index (χ1) is 10.8. The molecule has 0 aliphatic carbocycles. The van der Waals surface area contributed by atoms with E-state index in [1.807, 2.05) is 17.9 Å². The molecule has 1 aliphatic heterocycles. The van der Waals surface area contributed by atoms with E-state index in [1.54, 1.807) is 0 Å². The highest BCUT2D eigenvalue weighted by Gasteiger charge is 2.37. The summed E-state index contributed by atoms with van der Waals surface area (Å²) in [5.74, 6) is 0.508. The number of nitrogens with two attached hydrogens (primary N) is 1. The number of carbonyl (C=O) groups excluding carboxylic acids is 1. The van der Waals surface area contributed by atoms with Crippen molar-refractivity contribution in [2.24, 2.45) is 5.73 Å². The van der Waals surface area contributed by atoms with Gasteiger partial charge in [0.25, 0.3) is 0 Å². The summed E-state index contributed by atoms with van der Waals surface area (Å²) in [5, 5.41) is 0. The number of benzene rings is 1. The maximum atomic E-state index is 12.9. The van der Waals surface area contributed by atoms with E-state index in [-0.39, 0.29) is 42.5 Å². The Bertz CT molecular complexity index is 513. The van der Waals surface area contributed by atoms with E-state index >= 15 is 0 Å². The topological polar surface area (TPSA) is 49.6 Å². The lowest BCUT2D eigenvalue weighted by Gasteiger charge is -2.35. The number of halogens is 1. The minimum absolute atomic E-state index is 0. The molecule has 1 fully saturated rings. The van der Waals surface area contributed by atoms with Crippen LogP contribution in [0.1, 0.15) is 46.1 Å². The average molecular weight is 354 g/mol. The number of carbonyl (C=O) groups is 1. The number of rotatable bonds is 5. The second-order valence-corrected chi connectivity index (χ2v) is 7.24. The van der Waals surface area contributed by atoms with E-state index in [0.717, 1.165) is 13.1 Å². The minimum Gasteiger partial charge on any atom is -0.336 e. The molecule has 1 aliphatic rings. The fraction of sp³-hybridized carbons (Fsp3) is 0.632. The molecule has 0 bridgehead atoms. The third-order valence-corrected chi connectivity index (χ3v) is 4.89. The van der Waals surface area contributed by atoms with Crippen LogP contribution in [-0.4, -0.2) is 53.0 Å². The van der Waals surface area contributed by atoms with Crippen LogP contribution in [0.3, 0.4) is 0 Å². The summed E-state index contributed by atoms with van der Waals surface area (Å²) in [7, 11) is 0. The van der Waals surface area contributed by atoms with Crippen LogP contribution in [0, 0.1) is 0 Å². The lowest BCUT2D eigenvalue weighted by atomic mass is 9.95. The third-order valence-electron chi connectivity index (χ3n) is 4.89. The largest absolute Gasteiger partial charge is 0.336 e. The van der Waals surface area contributed by atoms with Crippen LogP contribution < -0.4 is 5.73 Å². The number of nitrogens with zero attached hydrogens (tertiary/aromatic N) is 2. The summed E-state index contributed by atoms with van der Waals surface area (Å²) >= 11 is 0. The summed E-state index contributed by atoms with van der Waals surface area (Å²) in [4.78, 5) is 17.1. The van der Waals surface area contributed by atoms with Gasteiger partial charge in [0.1, 0.15) is 0 Å². The standard InChI is InChI=1S/C19H31N3O.ClH/c1-13(2)22(14(3)4)19(23)15(5)21-11-17(18(20)12-21)16-9-7-6-8-10-16;/h6-10,13-15,17-18H,11-12,20H2,1-5H3;1H/t15?,17-,18+;/m0./s1. The van der Waals surface area contributed by atoms with Crippen molar-refractivity contribution in [2.45, 2.75) is 64.7 Å². The third kappa shape index (κ3) is 4.50. The van der Waals surface area contributed by atoms with Crippen molar-refractivity contribution < 1.29 is 4.79 Å². The predicted octanol–water partition coefficient (Wildman–Crippen LogP) is 2.87. The van der Waals surface area contributed by atoms with Gasteiger partial charge in [0, 0.05) is 37.1 Å². The van der Waals surface area contributed by atoms with E-state index in [0.29, 0.717) is 5.92 Å². The summed E-state index contributed by atoms with van der Waals surface area (Å²) in [6.07, 6.45) is 0. The van der Waals surface area contributed by atoms with Crippen molar-refractivity contribution in [2.75, 3.05) is 13.1 Å². The molecular weight excluding hydrogens is 322 g/mol. The number of likely N-dealkylation sites (tertiary alicyclic amines) is 1. The molecule has 1 unspecified atom stereocenters. The molecule has 136 valence electrons. The Kier molecular flexibility index (Phi) is 7.71. The van der Waals surface area contributed by atoms with Crippen molar-refractivity contribution in [3.63, 3.8) is 0 Å². The van der Waals surface area contributed by atoms with Gasteiger partial charge in [0.15, 0.2) is 0 Å². The molecule has 0 spiro atoms. The van der Waals surface area contributed by atoms with Gasteiger partial charge in [-0.15, -0.1) is 12.4 Å². The van der Waals surface area contributed by atoms with Gasteiger partial charge in [-0.3, -0.25) is 9.69 Å². The highest BCUT2D eigenvalue weighted by molar-refractivity contribution is 5.85.